The molecule has 3 rings (SSSR count). The van der Waals surface area contributed by atoms with Crippen molar-refractivity contribution in [1.29, 1.82) is 0 Å². The first-order valence-corrected chi connectivity index (χ1v) is 7.91. The third-order valence-corrected chi connectivity index (χ3v) is 4.20. The van der Waals surface area contributed by atoms with Crippen LogP contribution in [-0.4, -0.2) is 15.7 Å². The highest BCUT2D eigenvalue weighted by atomic mass is 19.4. The van der Waals surface area contributed by atoms with Gasteiger partial charge in [-0.05, 0) is 24.1 Å². The molecule has 25 heavy (non-hydrogen) atoms. The van der Waals surface area contributed by atoms with Crippen LogP contribution in [-0.2, 0) is 13.5 Å². The van der Waals surface area contributed by atoms with Crippen LogP contribution in [0.3, 0.4) is 0 Å². The first-order valence-electron chi connectivity index (χ1n) is 7.91. The van der Waals surface area contributed by atoms with E-state index in [2.05, 4.69) is 4.98 Å². The van der Waals surface area contributed by atoms with E-state index in [4.69, 9.17) is 0 Å². The normalized spacial score (nSPS) is 13.1. The van der Waals surface area contributed by atoms with Gasteiger partial charge in [-0.2, -0.15) is 13.2 Å². The molecule has 0 saturated heterocycles. The van der Waals surface area contributed by atoms with E-state index >= 15 is 0 Å². The minimum Gasteiger partial charge on any atom is -0.308 e. The van der Waals surface area contributed by atoms with E-state index in [1.54, 1.807) is 61.6 Å². The number of aromatic nitrogens is 2. The molecule has 0 aliphatic carbocycles. The number of para-hydroxylation sites is 2. The number of hydrogen-bond acceptors (Lipinski definition) is 2. The summed E-state index contributed by atoms with van der Waals surface area (Å²) in [5, 5.41) is 0. The summed E-state index contributed by atoms with van der Waals surface area (Å²) in [4.78, 5) is 16.9. The summed E-state index contributed by atoms with van der Waals surface area (Å²) >= 11 is 0. The van der Waals surface area contributed by atoms with Gasteiger partial charge in [0.2, 0.25) is 0 Å². The first kappa shape index (κ1) is 17.2. The van der Waals surface area contributed by atoms with Gasteiger partial charge in [-0.25, -0.2) is 4.98 Å². The zero-order valence-electron chi connectivity index (χ0n) is 13.6. The Labute approximate surface area is 142 Å². The quantitative estimate of drug-likeness (QED) is 0.709. The predicted molar refractivity (Wildman–Crippen MR) is 90.5 cm³/mol. The average Bonchev–Trinajstić information content (AvgIpc) is 2.57. The van der Waals surface area contributed by atoms with Crippen molar-refractivity contribution in [3.8, 4) is 0 Å². The predicted octanol–water partition coefficient (Wildman–Crippen LogP) is 4.21. The van der Waals surface area contributed by atoms with Gasteiger partial charge in [0, 0.05) is 13.0 Å². The average molecular weight is 346 g/mol. The van der Waals surface area contributed by atoms with Gasteiger partial charge in [-0.3, -0.25) is 4.79 Å². The molecule has 1 unspecified atom stereocenters. The molecule has 0 amide bonds. The fraction of sp³-hybridized carbons (Fsp3) is 0.263. The lowest BCUT2D eigenvalue weighted by Crippen LogP contribution is -2.28. The fourth-order valence-corrected chi connectivity index (χ4v) is 3.01. The van der Waals surface area contributed by atoms with Crippen molar-refractivity contribution in [3.63, 3.8) is 0 Å². The number of alkyl halides is 3. The van der Waals surface area contributed by atoms with Crippen molar-refractivity contribution in [1.82, 2.24) is 9.55 Å². The van der Waals surface area contributed by atoms with Crippen LogP contribution in [0, 0.1) is 0 Å². The largest absolute Gasteiger partial charge is 0.389 e. The number of hydrogen-bond donors (Lipinski definition) is 0. The topological polar surface area (TPSA) is 34.9 Å². The summed E-state index contributed by atoms with van der Waals surface area (Å²) < 4.78 is 40.7. The molecule has 1 atom stereocenters. The van der Waals surface area contributed by atoms with Gasteiger partial charge in [0.1, 0.15) is 5.69 Å². The Bertz CT molecular complexity index is 933. The SMILES string of the molecule is Cn1c(=O)c(C(Cc2ccccc2)CC(F)(F)F)nc2ccccc21. The van der Waals surface area contributed by atoms with Crippen molar-refractivity contribution in [2.24, 2.45) is 7.05 Å². The Balaban J connectivity index is 2.10. The molecule has 6 heteroatoms. The molecule has 0 saturated carbocycles. The lowest BCUT2D eigenvalue weighted by molar-refractivity contribution is -0.139. The zero-order chi connectivity index (χ0) is 18.0. The van der Waals surface area contributed by atoms with Gasteiger partial charge in [0.15, 0.2) is 0 Å². The Hall–Kier alpha value is -2.63. The molecule has 0 fully saturated rings. The number of aryl methyl sites for hydroxylation is 1. The van der Waals surface area contributed by atoms with Crippen LogP contribution in [0.5, 0.6) is 0 Å². The summed E-state index contributed by atoms with van der Waals surface area (Å²) in [5.74, 6) is -1.02. The number of nitrogens with zero attached hydrogens (tertiary/aromatic N) is 2. The molecular formula is C19H17F3N2O. The minimum atomic E-state index is -4.38. The summed E-state index contributed by atoms with van der Waals surface area (Å²) in [5.41, 5.74) is 1.33. The van der Waals surface area contributed by atoms with Gasteiger partial charge in [-0.15, -0.1) is 0 Å². The van der Waals surface area contributed by atoms with Gasteiger partial charge in [0.05, 0.1) is 17.5 Å². The van der Waals surface area contributed by atoms with Crippen LogP contribution in [0.1, 0.15) is 23.6 Å². The van der Waals surface area contributed by atoms with Crippen molar-refractivity contribution in [2.45, 2.75) is 24.9 Å². The van der Waals surface area contributed by atoms with Crippen molar-refractivity contribution >= 4 is 11.0 Å². The highest BCUT2D eigenvalue weighted by molar-refractivity contribution is 5.74. The molecule has 1 aromatic heterocycles. The third-order valence-electron chi connectivity index (χ3n) is 4.20. The summed E-state index contributed by atoms with van der Waals surface area (Å²) in [6, 6.07) is 15.8. The highest BCUT2D eigenvalue weighted by Gasteiger charge is 2.34. The molecule has 3 nitrogen and oxygen atoms in total. The Morgan fingerprint density at radius 3 is 2.36 bits per heavy atom. The van der Waals surface area contributed by atoms with Crippen LogP contribution in [0.4, 0.5) is 13.2 Å². The standard InChI is InChI=1S/C19H17F3N2O/c1-24-16-10-6-5-9-15(16)23-17(18(24)25)14(12-19(20,21)22)11-13-7-3-2-4-8-13/h2-10,14H,11-12H2,1H3. The van der Waals surface area contributed by atoms with Crippen LogP contribution in [0.2, 0.25) is 0 Å². The second kappa shape index (κ2) is 6.70. The minimum absolute atomic E-state index is 0.0395. The first-order chi connectivity index (χ1) is 11.8. The van der Waals surface area contributed by atoms with Crippen molar-refractivity contribution in [2.75, 3.05) is 0 Å². The molecule has 2 aromatic carbocycles. The summed E-state index contributed by atoms with van der Waals surface area (Å²) in [7, 11) is 1.56. The smallest absolute Gasteiger partial charge is 0.308 e. The monoisotopic (exact) mass is 346 g/mol. The molecule has 0 N–H and O–H groups in total. The number of fused-ring (bicyclic) bond motifs is 1. The van der Waals surface area contributed by atoms with Crippen molar-refractivity contribution in [3.05, 3.63) is 76.2 Å². The second-order valence-electron chi connectivity index (χ2n) is 6.06. The maximum Gasteiger partial charge on any atom is 0.389 e. The number of benzene rings is 2. The Morgan fingerprint density at radius 1 is 1.04 bits per heavy atom. The Morgan fingerprint density at radius 2 is 1.68 bits per heavy atom. The third kappa shape index (κ3) is 3.90. The van der Waals surface area contributed by atoms with Crippen LogP contribution in [0.15, 0.2) is 59.4 Å². The lowest BCUT2D eigenvalue weighted by Gasteiger charge is -2.19. The molecule has 0 aliphatic rings. The molecule has 0 radical (unpaired) electrons. The summed E-state index contributed by atoms with van der Waals surface area (Å²) in [6.45, 7) is 0. The van der Waals surface area contributed by atoms with Crippen LogP contribution in [0.25, 0.3) is 11.0 Å². The number of rotatable bonds is 4. The van der Waals surface area contributed by atoms with Crippen molar-refractivity contribution < 1.29 is 13.2 Å². The van der Waals surface area contributed by atoms with Gasteiger partial charge in [0.25, 0.3) is 5.56 Å². The van der Waals surface area contributed by atoms with Crippen LogP contribution >= 0.6 is 0 Å². The lowest BCUT2D eigenvalue weighted by atomic mass is 9.92. The summed E-state index contributed by atoms with van der Waals surface area (Å²) in [6.07, 6.45) is -5.35. The fourth-order valence-electron chi connectivity index (χ4n) is 3.01. The molecule has 0 spiro atoms. The van der Waals surface area contributed by atoms with E-state index in [0.717, 1.165) is 5.56 Å². The zero-order valence-corrected chi connectivity index (χ0v) is 13.6. The van der Waals surface area contributed by atoms with Crippen LogP contribution < -0.4 is 5.56 Å². The molecule has 1 heterocycles. The van der Waals surface area contributed by atoms with E-state index in [1.807, 2.05) is 0 Å². The molecule has 0 bridgehead atoms. The maximum atomic E-state index is 13.1. The van der Waals surface area contributed by atoms with E-state index < -0.39 is 24.1 Å². The number of halogens is 3. The van der Waals surface area contributed by atoms with E-state index in [0.29, 0.717) is 11.0 Å². The Kier molecular flexibility index (Phi) is 4.61. The molecular weight excluding hydrogens is 329 g/mol. The van der Waals surface area contributed by atoms with E-state index in [9.17, 15) is 18.0 Å². The molecule has 3 aromatic rings. The molecule has 130 valence electrons. The van der Waals surface area contributed by atoms with Gasteiger partial charge >= 0.3 is 6.18 Å². The van der Waals surface area contributed by atoms with Gasteiger partial charge < -0.3 is 4.57 Å². The maximum absolute atomic E-state index is 13.1. The highest BCUT2D eigenvalue weighted by Crippen LogP contribution is 2.32. The van der Waals surface area contributed by atoms with E-state index in [-0.39, 0.29) is 12.1 Å². The van der Waals surface area contributed by atoms with E-state index in [1.165, 1.54) is 4.57 Å². The molecule has 0 aliphatic heterocycles. The van der Waals surface area contributed by atoms with Gasteiger partial charge in [-0.1, -0.05) is 42.5 Å². The second-order valence-corrected chi connectivity index (χ2v) is 6.06.